The number of hydrogen-bond donors (Lipinski definition) is 0. The minimum absolute atomic E-state index is 0.157. The van der Waals surface area contributed by atoms with Gasteiger partial charge >= 0.3 is 0 Å². The smallest absolute Gasteiger partial charge is 0.257 e. The maximum Gasteiger partial charge on any atom is 0.257 e. The normalized spacial score (nSPS) is 10.6. The number of rotatable bonds is 6. The number of likely N-dealkylation sites (N-methyl/N-ethyl adjacent to an activating group) is 1. The monoisotopic (exact) mass is 355 g/mol. The zero-order valence-electron chi connectivity index (χ0n) is 14.5. The van der Waals surface area contributed by atoms with Crippen molar-refractivity contribution in [3.63, 3.8) is 0 Å². The van der Waals surface area contributed by atoms with Crippen LogP contribution in [0.4, 0.5) is 4.39 Å². The third-order valence-corrected chi connectivity index (χ3v) is 3.77. The van der Waals surface area contributed by atoms with Gasteiger partial charge < -0.3 is 14.2 Å². The Balaban J connectivity index is 1.57. The van der Waals surface area contributed by atoms with E-state index >= 15 is 0 Å². The molecule has 1 amide bonds. The van der Waals surface area contributed by atoms with Crippen molar-refractivity contribution in [1.29, 1.82) is 0 Å². The van der Waals surface area contributed by atoms with E-state index in [2.05, 4.69) is 10.1 Å². The minimum atomic E-state index is -0.423. The highest BCUT2D eigenvalue weighted by Gasteiger charge is 2.13. The molecule has 0 saturated carbocycles. The van der Waals surface area contributed by atoms with E-state index in [0.717, 1.165) is 5.56 Å². The molecule has 3 aromatic rings. The summed E-state index contributed by atoms with van der Waals surface area (Å²) in [5, 5.41) is 3.74. The zero-order valence-corrected chi connectivity index (χ0v) is 14.5. The SMILES string of the molecule is Cc1noc(-c2ccc(C(=O)N(C)CCOc3ccccc3F)cc2)n1. The molecule has 134 valence electrons. The highest BCUT2D eigenvalue weighted by molar-refractivity contribution is 5.94. The maximum absolute atomic E-state index is 13.5. The molecule has 6 nitrogen and oxygen atoms in total. The van der Waals surface area contributed by atoms with E-state index in [1.54, 1.807) is 56.4 Å². The lowest BCUT2D eigenvalue weighted by molar-refractivity contribution is 0.0773. The van der Waals surface area contributed by atoms with Gasteiger partial charge in [-0.25, -0.2) is 4.39 Å². The number of amides is 1. The summed E-state index contributed by atoms with van der Waals surface area (Å²) in [6.07, 6.45) is 0. The molecule has 1 aromatic heterocycles. The van der Waals surface area contributed by atoms with Crippen molar-refractivity contribution >= 4 is 5.91 Å². The predicted molar refractivity (Wildman–Crippen MR) is 93.3 cm³/mol. The molecule has 0 unspecified atom stereocenters. The highest BCUT2D eigenvalue weighted by atomic mass is 19.1. The number of nitrogens with zero attached hydrogens (tertiary/aromatic N) is 3. The van der Waals surface area contributed by atoms with E-state index in [4.69, 9.17) is 9.26 Å². The average molecular weight is 355 g/mol. The van der Waals surface area contributed by atoms with Crippen molar-refractivity contribution in [3.05, 3.63) is 65.7 Å². The van der Waals surface area contributed by atoms with Crippen molar-refractivity contribution in [3.8, 4) is 17.2 Å². The fourth-order valence-corrected chi connectivity index (χ4v) is 2.35. The molecular weight excluding hydrogens is 337 g/mol. The number of carbonyl (C=O) groups is 1. The van der Waals surface area contributed by atoms with Crippen LogP contribution >= 0.6 is 0 Å². The average Bonchev–Trinajstić information content (AvgIpc) is 3.09. The molecule has 7 heteroatoms. The molecule has 0 atom stereocenters. The Morgan fingerprint density at radius 2 is 1.92 bits per heavy atom. The summed E-state index contributed by atoms with van der Waals surface area (Å²) in [4.78, 5) is 18.1. The molecule has 1 heterocycles. The number of benzene rings is 2. The van der Waals surface area contributed by atoms with Gasteiger partial charge in [-0.15, -0.1) is 0 Å². The van der Waals surface area contributed by atoms with Crippen LogP contribution in [0.15, 0.2) is 53.1 Å². The molecule has 0 spiro atoms. The number of para-hydroxylation sites is 1. The van der Waals surface area contributed by atoms with Crippen LogP contribution in [0.25, 0.3) is 11.5 Å². The summed E-state index contributed by atoms with van der Waals surface area (Å²) in [6.45, 7) is 2.27. The molecule has 0 bridgehead atoms. The molecule has 0 fully saturated rings. The molecule has 0 aliphatic heterocycles. The molecule has 0 N–H and O–H groups in total. The van der Waals surface area contributed by atoms with E-state index in [1.165, 1.54) is 11.0 Å². The molecule has 0 saturated heterocycles. The fourth-order valence-electron chi connectivity index (χ4n) is 2.35. The Hall–Kier alpha value is -3.22. The van der Waals surface area contributed by atoms with E-state index < -0.39 is 5.82 Å². The second kappa shape index (κ2) is 7.77. The van der Waals surface area contributed by atoms with Crippen LogP contribution in [0, 0.1) is 12.7 Å². The number of aryl methyl sites for hydroxylation is 1. The minimum Gasteiger partial charge on any atom is -0.489 e. The van der Waals surface area contributed by atoms with E-state index in [-0.39, 0.29) is 18.3 Å². The lowest BCUT2D eigenvalue weighted by atomic mass is 10.1. The van der Waals surface area contributed by atoms with Crippen molar-refractivity contribution in [2.75, 3.05) is 20.2 Å². The molecule has 0 aliphatic rings. The first-order valence-corrected chi connectivity index (χ1v) is 8.08. The van der Waals surface area contributed by atoms with Crippen molar-refractivity contribution in [2.45, 2.75) is 6.92 Å². The zero-order chi connectivity index (χ0) is 18.5. The molecule has 26 heavy (non-hydrogen) atoms. The van der Waals surface area contributed by atoms with Crippen molar-refractivity contribution in [2.24, 2.45) is 0 Å². The van der Waals surface area contributed by atoms with Crippen molar-refractivity contribution < 1.29 is 18.4 Å². The second-order valence-corrected chi connectivity index (χ2v) is 5.73. The van der Waals surface area contributed by atoms with E-state index in [1.807, 2.05) is 0 Å². The number of aromatic nitrogens is 2. The van der Waals surface area contributed by atoms with Crippen LogP contribution in [0.1, 0.15) is 16.2 Å². The summed E-state index contributed by atoms with van der Waals surface area (Å²) in [6, 6.07) is 13.1. The number of carbonyl (C=O) groups excluding carboxylic acids is 1. The lowest BCUT2D eigenvalue weighted by Gasteiger charge is -2.17. The predicted octanol–water partition coefficient (Wildman–Crippen LogP) is 3.34. The number of hydrogen-bond acceptors (Lipinski definition) is 5. The van der Waals surface area contributed by atoms with Crippen LogP contribution in [0.3, 0.4) is 0 Å². The number of halogens is 1. The van der Waals surface area contributed by atoms with E-state index in [9.17, 15) is 9.18 Å². The topological polar surface area (TPSA) is 68.5 Å². The summed E-state index contributed by atoms with van der Waals surface area (Å²) in [5.74, 6) is 0.555. The summed E-state index contributed by atoms with van der Waals surface area (Å²) >= 11 is 0. The largest absolute Gasteiger partial charge is 0.489 e. The Labute approximate surface area is 150 Å². The first-order valence-electron chi connectivity index (χ1n) is 8.08. The van der Waals surface area contributed by atoms with Gasteiger partial charge in [0.05, 0.1) is 6.54 Å². The standard InChI is InChI=1S/C19H18FN3O3/c1-13-21-18(26-22-13)14-7-9-15(10-8-14)19(24)23(2)11-12-25-17-6-4-3-5-16(17)20/h3-10H,11-12H2,1-2H3. The Morgan fingerprint density at radius 1 is 1.19 bits per heavy atom. The van der Waals surface area contributed by atoms with Gasteiger partial charge in [-0.2, -0.15) is 4.98 Å². The molecule has 0 radical (unpaired) electrons. The molecule has 2 aromatic carbocycles. The molecule has 3 rings (SSSR count). The van der Waals surface area contributed by atoms with Gasteiger partial charge in [0, 0.05) is 18.2 Å². The first kappa shape index (κ1) is 17.6. The van der Waals surface area contributed by atoms with Crippen LogP contribution in [0.2, 0.25) is 0 Å². The second-order valence-electron chi connectivity index (χ2n) is 5.73. The van der Waals surface area contributed by atoms with Crippen LogP contribution in [-0.2, 0) is 0 Å². The van der Waals surface area contributed by atoms with Gasteiger partial charge in [0.15, 0.2) is 17.4 Å². The van der Waals surface area contributed by atoms with Crippen molar-refractivity contribution in [1.82, 2.24) is 15.0 Å². The summed E-state index contributed by atoms with van der Waals surface area (Å²) in [7, 11) is 1.67. The van der Waals surface area contributed by atoms with Crippen LogP contribution in [0.5, 0.6) is 5.75 Å². The fraction of sp³-hybridized carbons (Fsp3) is 0.211. The van der Waals surface area contributed by atoms with E-state index in [0.29, 0.717) is 23.8 Å². The Bertz CT molecular complexity index is 893. The molecular formula is C19H18FN3O3. The first-order chi connectivity index (χ1) is 12.5. The Kier molecular flexibility index (Phi) is 5.26. The van der Waals surface area contributed by atoms with Gasteiger partial charge in [0.25, 0.3) is 11.8 Å². The number of ether oxygens (including phenoxy) is 1. The van der Waals surface area contributed by atoms with Gasteiger partial charge in [-0.1, -0.05) is 17.3 Å². The van der Waals surface area contributed by atoms with Crippen LogP contribution in [-0.4, -0.2) is 41.1 Å². The summed E-state index contributed by atoms with van der Waals surface area (Å²) < 4.78 is 24.0. The summed E-state index contributed by atoms with van der Waals surface area (Å²) in [5.41, 5.74) is 1.27. The lowest BCUT2D eigenvalue weighted by Crippen LogP contribution is -2.30. The molecule has 0 aliphatic carbocycles. The quantitative estimate of drug-likeness (QED) is 0.678. The maximum atomic E-state index is 13.5. The van der Waals surface area contributed by atoms with Gasteiger partial charge in [0.2, 0.25) is 0 Å². The third kappa shape index (κ3) is 4.05. The Morgan fingerprint density at radius 3 is 2.58 bits per heavy atom. The van der Waals surface area contributed by atoms with Gasteiger partial charge in [0.1, 0.15) is 6.61 Å². The van der Waals surface area contributed by atoms with Gasteiger partial charge in [-0.3, -0.25) is 4.79 Å². The highest BCUT2D eigenvalue weighted by Crippen LogP contribution is 2.18. The van der Waals surface area contributed by atoms with Crippen LogP contribution < -0.4 is 4.74 Å². The van der Waals surface area contributed by atoms with Gasteiger partial charge in [-0.05, 0) is 43.3 Å². The third-order valence-electron chi connectivity index (χ3n) is 3.77.